The van der Waals surface area contributed by atoms with Gasteiger partial charge in [0.1, 0.15) is 0 Å². The van der Waals surface area contributed by atoms with Crippen molar-refractivity contribution >= 4 is 10.0 Å². The van der Waals surface area contributed by atoms with E-state index in [9.17, 15) is 8.42 Å². The molecular weight excluding hydrogens is 262 g/mol. The summed E-state index contributed by atoms with van der Waals surface area (Å²) in [6.45, 7) is 6.26. The normalized spacial score (nSPS) is 11.9. The summed E-state index contributed by atoms with van der Waals surface area (Å²) in [6, 6.07) is 0. The topological polar surface area (TPSA) is 70.2 Å². The lowest BCUT2D eigenvalue weighted by Gasteiger charge is -2.07. The number of nitrogens with one attached hydrogen (secondary N) is 3. The predicted molar refractivity (Wildman–Crippen MR) is 82.0 cm³/mol. The molecule has 0 unspecified atom stereocenters. The molecule has 0 bridgehead atoms. The quantitative estimate of drug-likeness (QED) is 0.419. The maximum Gasteiger partial charge on any atom is 0.208 e. The van der Waals surface area contributed by atoms with E-state index in [1.54, 1.807) is 0 Å². The van der Waals surface area contributed by atoms with Gasteiger partial charge in [-0.25, -0.2) is 13.1 Å². The zero-order valence-corrected chi connectivity index (χ0v) is 13.3. The summed E-state index contributed by atoms with van der Waals surface area (Å²) >= 11 is 0. The second-order valence-electron chi connectivity index (χ2n) is 4.93. The fraction of sp³-hybridized carbons (Fsp3) is 1.00. The van der Waals surface area contributed by atoms with Crippen molar-refractivity contribution in [1.29, 1.82) is 0 Å². The van der Waals surface area contributed by atoms with E-state index in [0.717, 1.165) is 19.6 Å². The van der Waals surface area contributed by atoms with Crippen LogP contribution in [0, 0.1) is 0 Å². The zero-order chi connectivity index (χ0) is 14.4. The third kappa shape index (κ3) is 17.8. The molecule has 0 fully saturated rings. The fourth-order valence-corrected chi connectivity index (χ4v) is 2.25. The number of hydrogen-bond donors (Lipinski definition) is 3. The Bertz CT molecular complexity index is 282. The Labute approximate surface area is 119 Å². The van der Waals surface area contributed by atoms with Gasteiger partial charge in [-0.15, -0.1) is 0 Å². The van der Waals surface area contributed by atoms with Gasteiger partial charge in [0.05, 0.1) is 6.26 Å². The minimum Gasteiger partial charge on any atom is -0.315 e. The standard InChI is InChI=1S/C13H31N3O2S/c1-3-4-5-6-7-8-9-14-10-11-15-12-13-16-19(2,17)18/h14-16H,3-13H2,1-2H3. The molecule has 0 radical (unpaired) electrons. The van der Waals surface area contributed by atoms with Gasteiger partial charge in [-0.3, -0.25) is 0 Å². The first-order chi connectivity index (χ1) is 9.06. The van der Waals surface area contributed by atoms with E-state index in [2.05, 4.69) is 22.3 Å². The van der Waals surface area contributed by atoms with Gasteiger partial charge in [0.25, 0.3) is 0 Å². The summed E-state index contributed by atoms with van der Waals surface area (Å²) in [5.41, 5.74) is 0. The molecule has 116 valence electrons. The molecule has 0 atom stereocenters. The lowest BCUT2D eigenvalue weighted by molar-refractivity contribution is 0.554. The van der Waals surface area contributed by atoms with Crippen LogP contribution in [0.3, 0.4) is 0 Å². The first-order valence-electron chi connectivity index (χ1n) is 7.42. The Hall–Kier alpha value is -0.170. The summed E-state index contributed by atoms with van der Waals surface area (Å²) in [6.07, 6.45) is 9.13. The predicted octanol–water partition coefficient (Wildman–Crippen LogP) is 1.08. The lowest BCUT2D eigenvalue weighted by atomic mass is 10.1. The molecule has 0 amide bonds. The van der Waals surface area contributed by atoms with E-state index in [4.69, 9.17) is 0 Å². The van der Waals surface area contributed by atoms with Gasteiger partial charge in [0.15, 0.2) is 0 Å². The van der Waals surface area contributed by atoms with Gasteiger partial charge in [-0.2, -0.15) is 0 Å². The number of unbranched alkanes of at least 4 members (excludes halogenated alkanes) is 5. The molecule has 19 heavy (non-hydrogen) atoms. The van der Waals surface area contributed by atoms with Crippen molar-refractivity contribution in [3.8, 4) is 0 Å². The maximum absolute atomic E-state index is 10.8. The highest BCUT2D eigenvalue weighted by atomic mass is 32.2. The molecule has 0 saturated heterocycles. The second kappa shape index (κ2) is 12.8. The average Bonchev–Trinajstić information content (AvgIpc) is 2.34. The Morgan fingerprint density at radius 3 is 1.89 bits per heavy atom. The molecule has 0 aromatic heterocycles. The van der Waals surface area contributed by atoms with Crippen molar-refractivity contribution in [3.63, 3.8) is 0 Å². The van der Waals surface area contributed by atoms with Crippen molar-refractivity contribution in [2.24, 2.45) is 0 Å². The lowest BCUT2D eigenvalue weighted by Crippen LogP contribution is -2.34. The molecule has 0 aliphatic heterocycles. The second-order valence-corrected chi connectivity index (χ2v) is 6.77. The van der Waals surface area contributed by atoms with Gasteiger partial charge in [-0.1, -0.05) is 39.0 Å². The van der Waals surface area contributed by atoms with Gasteiger partial charge >= 0.3 is 0 Å². The van der Waals surface area contributed by atoms with E-state index in [0.29, 0.717) is 13.1 Å². The van der Waals surface area contributed by atoms with Crippen LogP contribution in [-0.4, -0.2) is 47.4 Å². The van der Waals surface area contributed by atoms with E-state index in [-0.39, 0.29) is 0 Å². The van der Waals surface area contributed by atoms with E-state index in [1.165, 1.54) is 44.8 Å². The van der Waals surface area contributed by atoms with Gasteiger partial charge in [-0.05, 0) is 13.0 Å². The van der Waals surface area contributed by atoms with E-state index < -0.39 is 10.0 Å². The first kappa shape index (κ1) is 18.8. The summed E-state index contributed by atoms with van der Waals surface area (Å²) < 4.78 is 24.0. The summed E-state index contributed by atoms with van der Waals surface area (Å²) in [5, 5.41) is 6.57. The summed E-state index contributed by atoms with van der Waals surface area (Å²) in [7, 11) is -3.04. The van der Waals surface area contributed by atoms with Gasteiger partial charge in [0, 0.05) is 26.2 Å². The Balaban J connectivity index is 3.03. The van der Waals surface area contributed by atoms with E-state index in [1.807, 2.05) is 0 Å². The van der Waals surface area contributed by atoms with Crippen LogP contribution in [-0.2, 0) is 10.0 Å². The monoisotopic (exact) mass is 293 g/mol. The van der Waals surface area contributed by atoms with Crippen molar-refractivity contribution in [2.45, 2.75) is 45.4 Å². The molecule has 3 N–H and O–H groups in total. The highest BCUT2D eigenvalue weighted by Crippen LogP contribution is 2.03. The van der Waals surface area contributed by atoms with Crippen LogP contribution in [0.2, 0.25) is 0 Å². The third-order valence-corrected chi connectivity index (χ3v) is 3.58. The largest absolute Gasteiger partial charge is 0.315 e. The van der Waals surface area contributed by atoms with Crippen LogP contribution in [0.25, 0.3) is 0 Å². The van der Waals surface area contributed by atoms with Crippen LogP contribution in [0.5, 0.6) is 0 Å². The molecule has 0 aromatic carbocycles. The van der Waals surface area contributed by atoms with E-state index >= 15 is 0 Å². The molecule has 5 nitrogen and oxygen atoms in total. The van der Waals surface area contributed by atoms with Crippen LogP contribution >= 0.6 is 0 Å². The van der Waals surface area contributed by atoms with Gasteiger partial charge in [0.2, 0.25) is 10.0 Å². The molecule has 6 heteroatoms. The minimum absolute atomic E-state index is 0.455. The minimum atomic E-state index is -3.04. The van der Waals surface area contributed by atoms with Crippen LogP contribution in [0.1, 0.15) is 45.4 Å². The molecule has 0 aliphatic carbocycles. The molecule has 0 heterocycles. The van der Waals surface area contributed by atoms with Crippen molar-refractivity contribution in [1.82, 2.24) is 15.4 Å². The maximum atomic E-state index is 10.8. The third-order valence-electron chi connectivity index (χ3n) is 2.85. The molecule has 0 aromatic rings. The van der Waals surface area contributed by atoms with Crippen LogP contribution in [0.15, 0.2) is 0 Å². The van der Waals surface area contributed by atoms with Gasteiger partial charge < -0.3 is 10.6 Å². The highest BCUT2D eigenvalue weighted by Gasteiger charge is 1.97. The SMILES string of the molecule is CCCCCCCCNCCNCCNS(C)(=O)=O. The Morgan fingerprint density at radius 1 is 0.737 bits per heavy atom. The summed E-state index contributed by atoms with van der Waals surface area (Å²) in [5.74, 6) is 0. The van der Waals surface area contributed by atoms with Crippen LogP contribution < -0.4 is 15.4 Å². The average molecular weight is 293 g/mol. The van der Waals surface area contributed by atoms with Crippen molar-refractivity contribution in [3.05, 3.63) is 0 Å². The highest BCUT2D eigenvalue weighted by molar-refractivity contribution is 7.88. The Kier molecular flexibility index (Phi) is 12.7. The van der Waals surface area contributed by atoms with Crippen LogP contribution in [0.4, 0.5) is 0 Å². The Morgan fingerprint density at radius 2 is 1.26 bits per heavy atom. The van der Waals surface area contributed by atoms with Crippen molar-refractivity contribution in [2.75, 3.05) is 39.0 Å². The molecular formula is C13H31N3O2S. The summed E-state index contributed by atoms with van der Waals surface area (Å²) in [4.78, 5) is 0. The molecule has 0 spiro atoms. The number of rotatable bonds is 14. The number of sulfonamides is 1. The zero-order valence-electron chi connectivity index (χ0n) is 12.5. The number of hydrogen-bond acceptors (Lipinski definition) is 4. The first-order valence-corrected chi connectivity index (χ1v) is 9.31. The smallest absolute Gasteiger partial charge is 0.208 e. The molecule has 0 saturated carbocycles. The fourth-order valence-electron chi connectivity index (χ4n) is 1.78. The molecule has 0 rings (SSSR count). The van der Waals surface area contributed by atoms with Crippen molar-refractivity contribution < 1.29 is 8.42 Å². The molecule has 0 aliphatic rings.